The summed E-state index contributed by atoms with van der Waals surface area (Å²) in [4.78, 5) is 0. The standard InChI is InChI=1S/C22H29NO/c1-4-21(2)12-19-18-9-8-15-14(13-23)6-5-7-16(15)17(18)10-11-22(19,3)20(21)24/h5-7,17-20,24H,4,8-12H2,1-3H3/t17-,18-,19+,20?,21?,22+/m1/s1. The van der Waals surface area contributed by atoms with E-state index in [-0.39, 0.29) is 16.9 Å². The molecule has 2 fully saturated rings. The predicted octanol–water partition coefficient (Wildman–Crippen LogP) is 4.80. The fraction of sp³-hybridized carbons (Fsp3) is 0.682. The van der Waals surface area contributed by atoms with Crippen molar-refractivity contribution in [3.05, 3.63) is 34.9 Å². The lowest BCUT2D eigenvalue weighted by Crippen LogP contribution is -2.45. The zero-order valence-corrected chi connectivity index (χ0v) is 15.2. The molecule has 0 amide bonds. The number of nitrogens with zero attached hydrogens (tertiary/aromatic N) is 1. The van der Waals surface area contributed by atoms with Crippen LogP contribution in [0, 0.1) is 34.0 Å². The first-order valence-electron chi connectivity index (χ1n) is 9.64. The SMILES string of the molecule is CCC1(C)C[C@H]2[C@@H]3CCc4c(C#N)cccc4[C@H]3CC[C@]2(C)C1O. The molecule has 24 heavy (non-hydrogen) atoms. The van der Waals surface area contributed by atoms with Crippen molar-refractivity contribution >= 4 is 0 Å². The van der Waals surface area contributed by atoms with Crippen molar-refractivity contribution in [1.82, 2.24) is 0 Å². The summed E-state index contributed by atoms with van der Waals surface area (Å²) in [5, 5.41) is 20.6. The molecular weight excluding hydrogens is 294 g/mol. The maximum atomic E-state index is 11.1. The Balaban J connectivity index is 1.74. The molecule has 2 nitrogen and oxygen atoms in total. The summed E-state index contributed by atoms with van der Waals surface area (Å²) in [6.07, 6.45) is 6.55. The third-order valence-electron chi connectivity index (χ3n) is 8.11. The van der Waals surface area contributed by atoms with E-state index in [1.807, 2.05) is 6.07 Å². The molecule has 0 radical (unpaired) electrons. The van der Waals surface area contributed by atoms with Gasteiger partial charge in [0.1, 0.15) is 0 Å². The number of aliphatic hydroxyl groups excluding tert-OH is 1. The van der Waals surface area contributed by atoms with Crippen molar-refractivity contribution in [3.63, 3.8) is 0 Å². The van der Waals surface area contributed by atoms with Gasteiger partial charge in [-0.3, -0.25) is 0 Å². The van der Waals surface area contributed by atoms with Gasteiger partial charge in [-0.25, -0.2) is 0 Å². The van der Waals surface area contributed by atoms with Crippen molar-refractivity contribution in [1.29, 1.82) is 5.26 Å². The largest absolute Gasteiger partial charge is 0.392 e. The predicted molar refractivity (Wildman–Crippen MR) is 95.6 cm³/mol. The lowest BCUT2D eigenvalue weighted by atomic mass is 9.55. The van der Waals surface area contributed by atoms with Gasteiger partial charge in [0.2, 0.25) is 0 Å². The topological polar surface area (TPSA) is 44.0 Å². The Hall–Kier alpha value is -1.33. The number of aliphatic hydroxyl groups is 1. The number of rotatable bonds is 1. The van der Waals surface area contributed by atoms with Crippen LogP contribution in [-0.4, -0.2) is 11.2 Å². The molecule has 4 rings (SSSR count). The van der Waals surface area contributed by atoms with Crippen LogP contribution in [0.2, 0.25) is 0 Å². The molecule has 2 heteroatoms. The molecular formula is C22H29NO. The Morgan fingerprint density at radius 2 is 2.08 bits per heavy atom. The summed E-state index contributed by atoms with van der Waals surface area (Å²) >= 11 is 0. The van der Waals surface area contributed by atoms with Gasteiger partial charge in [0.05, 0.1) is 17.7 Å². The Morgan fingerprint density at radius 1 is 1.29 bits per heavy atom. The molecule has 0 aromatic heterocycles. The van der Waals surface area contributed by atoms with Gasteiger partial charge in [0.25, 0.3) is 0 Å². The van der Waals surface area contributed by atoms with Crippen LogP contribution in [0.5, 0.6) is 0 Å². The summed E-state index contributed by atoms with van der Waals surface area (Å²) in [6.45, 7) is 6.87. The van der Waals surface area contributed by atoms with Crippen LogP contribution in [0.3, 0.4) is 0 Å². The zero-order valence-electron chi connectivity index (χ0n) is 15.2. The molecule has 128 valence electrons. The van der Waals surface area contributed by atoms with Gasteiger partial charge in [0.15, 0.2) is 0 Å². The van der Waals surface area contributed by atoms with E-state index in [9.17, 15) is 10.4 Å². The average molecular weight is 323 g/mol. The second-order valence-electron chi connectivity index (χ2n) is 9.06. The van der Waals surface area contributed by atoms with Crippen LogP contribution in [0.25, 0.3) is 0 Å². The molecule has 1 aromatic rings. The molecule has 6 atom stereocenters. The van der Waals surface area contributed by atoms with Crippen LogP contribution < -0.4 is 0 Å². The normalized spacial score (nSPS) is 43.5. The first kappa shape index (κ1) is 16.2. The Kier molecular flexibility index (Phi) is 3.59. The van der Waals surface area contributed by atoms with E-state index in [0.717, 1.165) is 37.7 Å². The molecule has 1 aromatic carbocycles. The van der Waals surface area contributed by atoms with Crippen LogP contribution in [0.1, 0.15) is 75.5 Å². The summed E-state index contributed by atoms with van der Waals surface area (Å²) in [5.41, 5.74) is 3.78. The molecule has 0 aliphatic heterocycles. The highest BCUT2D eigenvalue weighted by Gasteiger charge is 2.61. The molecule has 1 N–H and O–H groups in total. The van der Waals surface area contributed by atoms with E-state index in [4.69, 9.17) is 0 Å². The highest BCUT2D eigenvalue weighted by Crippen LogP contribution is 2.65. The van der Waals surface area contributed by atoms with Crippen molar-refractivity contribution < 1.29 is 5.11 Å². The number of nitriles is 1. The number of fused-ring (bicyclic) bond motifs is 5. The van der Waals surface area contributed by atoms with Crippen molar-refractivity contribution in [2.75, 3.05) is 0 Å². The zero-order chi connectivity index (χ0) is 17.1. The molecule has 2 unspecified atom stereocenters. The second kappa shape index (κ2) is 5.33. The van der Waals surface area contributed by atoms with Crippen LogP contribution >= 0.6 is 0 Å². The Morgan fingerprint density at radius 3 is 2.79 bits per heavy atom. The Labute approximate surface area is 145 Å². The minimum atomic E-state index is -0.173. The Bertz CT molecular complexity index is 704. The van der Waals surface area contributed by atoms with E-state index < -0.39 is 0 Å². The van der Waals surface area contributed by atoms with E-state index in [2.05, 4.69) is 39.0 Å². The fourth-order valence-corrected chi connectivity index (χ4v) is 6.54. The van der Waals surface area contributed by atoms with Crippen LogP contribution in [0.15, 0.2) is 18.2 Å². The number of hydrogen-bond donors (Lipinski definition) is 1. The monoisotopic (exact) mass is 323 g/mol. The number of benzene rings is 1. The minimum Gasteiger partial charge on any atom is -0.392 e. The third-order valence-corrected chi connectivity index (χ3v) is 8.11. The molecule has 2 saturated carbocycles. The fourth-order valence-electron chi connectivity index (χ4n) is 6.54. The molecule has 0 spiro atoms. The summed E-state index contributed by atoms with van der Waals surface area (Å²) in [6, 6.07) is 8.69. The van der Waals surface area contributed by atoms with Gasteiger partial charge in [-0.2, -0.15) is 5.26 Å². The molecule has 0 heterocycles. The van der Waals surface area contributed by atoms with Gasteiger partial charge >= 0.3 is 0 Å². The lowest BCUT2D eigenvalue weighted by molar-refractivity contribution is -0.0511. The van der Waals surface area contributed by atoms with Gasteiger partial charge in [-0.15, -0.1) is 0 Å². The average Bonchev–Trinajstić information content (AvgIpc) is 2.82. The molecule has 0 saturated heterocycles. The second-order valence-corrected chi connectivity index (χ2v) is 9.06. The summed E-state index contributed by atoms with van der Waals surface area (Å²) in [7, 11) is 0. The van der Waals surface area contributed by atoms with E-state index in [0.29, 0.717) is 17.8 Å². The van der Waals surface area contributed by atoms with E-state index in [1.165, 1.54) is 17.5 Å². The highest BCUT2D eigenvalue weighted by molar-refractivity contribution is 5.46. The highest BCUT2D eigenvalue weighted by atomic mass is 16.3. The minimum absolute atomic E-state index is 0.0725. The van der Waals surface area contributed by atoms with Gasteiger partial charge in [0, 0.05) is 0 Å². The third kappa shape index (κ3) is 1.97. The van der Waals surface area contributed by atoms with Gasteiger partial charge in [-0.1, -0.05) is 32.9 Å². The smallest absolute Gasteiger partial charge is 0.0994 e. The summed E-state index contributed by atoms with van der Waals surface area (Å²) in [5.74, 6) is 1.88. The lowest BCUT2D eigenvalue weighted by Gasteiger charge is -2.50. The summed E-state index contributed by atoms with van der Waals surface area (Å²) < 4.78 is 0. The van der Waals surface area contributed by atoms with Crippen LogP contribution in [-0.2, 0) is 6.42 Å². The first-order valence-corrected chi connectivity index (χ1v) is 9.64. The van der Waals surface area contributed by atoms with Gasteiger partial charge < -0.3 is 5.11 Å². The maximum absolute atomic E-state index is 11.1. The van der Waals surface area contributed by atoms with Crippen molar-refractivity contribution in [3.8, 4) is 6.07 Å². The molecule has 3 aliphatic rings. The van der Waals surface area contributed by atoms with Crippen molar-refractivity contribution in [2.24, 2.45) is 22.7 Å². The first-order chi connectivity index (χ1) is 11.4. The van der Waals surface area contributed by atoms with Crippen molar-refractivity contribution in [2.45, 2.75) is 71.3 Å². The van der Waals surface area contributed by atoms with E-state index >= 15 is 0 Å². The van der Waals surface area contributed by atoms with Crippen LogP contribution in [0.4, 0.5) is 0 Å². The quantitative estimate of drug-likeness (QED) is 0.806. The van der Waals surface area contributed by atoms with Gasteiger partial charge in [-0.05, 0) is 84.3 Å². The number of hydrogen-bond acceptors (Lipinski definition) is 2. The maximum Gasteiger partial charge on any atom is 0.0994 e. The van der Waals surface area contributed by atoms with E-state index in [1.54, 1.807) is 0 Å². The molecule has 0 bridgehead atoms. The molecule has 3 aliphatic carbocycles.